The first-order chi connectivity index (χ1) is 10.3. The van der Waals surface area contributed by atoms with Crippen LogP contribution in [-0.4, -0.2) is 5.78 Å². The lowest BCUT2D eigenvalue weighted by Crippen LogP contribution is -2.09. The fourth-order valence-corrected chi connectivity index (χ4v) is 2.63. The summed E-state index contributed by atoms with van der Waals surface area (Å²) in [5.41, 5.74) is 5.56. The van der Waals surface area contributed by atoms with Crippen LogP contribution >= 0.6 is 11.6 Å². The molecule has 22 heavy (non-hydrogen) atoms. The van der Waals surface area contributed by atoms with Gasteiger partial charge in [-0.15, -0.1) is 0 Å². The van der Waals surface area contributed by atoms with Crippen LogP contribution < -0.4 is 0 Å². The van der Waals surface area contributed by atoms with Gasteiger partial charge in [-0.3, -0.25) is 4.79 Å². The van der Waals surface area contributed by atoms with Crippen molar-refractivity contribution in [2.45, 2.75) is 67.2 Å². The van der Waals surface area contributed by atoms with E-state index in [2.05, 4.69) is 33.8 Å². The summed E-state index contributed by atoms with van der Waals surface area (Å²) in [5, 5.41) is 0.798. The molecule has 1 nitrogen and oxygen atoms in total. The number of allylic oxidation sites excluding steroid dienone is 2. The number of hydrogen-bond acceptors (Lipinski definition) is 1. The van der Waals surface area contributed by atoms with Gasteiger partial charge in [0.1, 0.15) is 0 Å². The molecule has 0 atom stereocenters. The van der Waals surface area contributed by atoms with Crippen molar-refractivity contribution in [2.75, 3.05) is 0 Å². The van der Waals surface area contributed by atoms with Crippen LogP contribution in [0.1, 0.15) is 70.1 Å². The molecule has 1 aromatic rings. The maximum atomic E-state index is 11.8. The second kappa shape index (κ2) is 8.53. The maximum Gasteiger partial charge on any atom is 0.158 e. The Balaban J connectivity index is 0.000000422. The van der Waals surface area contributed by atoms with Crippen molar-refractivity contribution >= 4 is 23.0 Å². The number of carbonyl (C=O) groups is 1. The van der Waals surface area contributed by atoms with E-state index in [0.29, 0.717) is 12.2 Å². The van der Waals surface area contributed by atoms with Gasteiger partial charge < -0.3 is 0 Å². The number of aryl methyl sites for hydroxylation is 2. The summed E-state index contributed by atoms with van der Waals surface area (Å²) in [5.74, 6) is 1.17. The van der Waals surface area contributed by atoms with Gasteiger partial charge in [0.15, 0.2) is 5.78 Å². The summed E-state index contributed by atoms with van der Waals surface area (Å²) in [6, 6.07) is 4.10. The number of ketones is 1. The molecule has 1 aliphatic rings. The second-order valence-corrected chi connectivity index (χ2v) is 7.01. The largest absolute Gasteiger partial charge is 0.295 e. The highest BCUT2D eigenvalue weighted by Gasteiger charge is 2.19. The maximum absolute atomic E-state index is 11.8. The molecule has 0 bridgehead atoms. The van der Waals surface area contributed by atoms with Crippen LogP contribution in [0, 0.1) is 19.8 Å². The Bertz CT molecular complexity index is 567. The summed E-state index contributed by atoms with van der Waals surface area (Å²) >= 11 is 6.11. The summed E-state index contributed by atoms with van der Waals surface area (Å²) in [6.07, 6.45) is 3.97. The lowest BCUT2D eigenvalue weighted by molar-refractivity contribution is -0.115. The fraction of sp³-hybridized carbons (Fsp3) is 0.550. The van der Waals surface area contributed by atoms with Crippen molar-refractivity contribution in [3.8, 4) is 0 Å². The Morgan fingerprint density at radius 1 is 1.09 bits per heavy atom. The first-order valence-electron chi connectivity index (χ1n) is 8.27. The summed E-state index contributed by atoms with van der Waals surface area (Å²) in [4.78, 5) is 11.8. The SMILES string of the molecule is CC1=C(c2cc(C)c(Cl)cc2C)CCCC1=O.CCC(C)C. The van der Waals surface area contributed by atoms with E-state index < -0.39 is 0 Å². The smallest absolute Gasteiger partial charge is 0.158 e. The van der Waals surface area contributed by atoms with Crippen molar-refractivity contribution in [3.63, 3.8) is 0 Å². The van der Waals surface area contributed by atoms with E-state index in [1.165, 1.54) is 17.6 Å². The number of carbonyl (C=O) groups excluding carboxylic acids is 1. The van der Waals surface area contributed by atoms with E-state index in [0.717, 1.165) is 40.5 Å². The molecule has 0 saturated heterocycles. The molecule has 122 valence electrons. The van der Waals surface area contributed by atoms with E-state index in [-0.39, 0.29) is 0 Å². The normalized spacial score (nSPS) is 15.0. The van der Waals surface area contributed by atoms with Gasteiger partial charge in [-0.2, -0.15) is 0 Å². The Labute approximate surface area is 140 Å². The number of rotatable bonds is 2. The van der Waals surface area contributed by atoms with Gasteiger partial charge in [0.2, 0.25) is 0 Å². The molecule has 0 fully saturated rings. The number of benzene rings is 1. The minimum absolute atomic E-state index is 0.290. The molecule has 0 unspecified atom stereocenters. The number of hydrogen-bond donors (Lipinski definition) is 0. The van der Waals surface area contributed by atoms with E-state index in [4.69, 9.17) is 11.6 Å². The summed E-state index contributed by atoms with van der Waals surface area (Å²) in [6.45, 7) is 12.6. The molecule has 0 N–H and O–H groups in total. The van der Waals surface area contributed by atoms with Gasteiger partial charge >= 0.3 is 0 Å². The first kappa shape index (κ1) is 19.0. The second-order valence-electron chi connectivity index (χ2n) is 6.60. The summed E-state index contributed by atoms with van der Waals surface area (Å²) in [7, 11) is 0. The Morgan fingerprint density at radius 2 is 1.68 bits per heavy atom. The molecule has 2 heteroatoms. The molecule has 0 radical (unpaired) electrons. The molecule has 2 rings (SSSR count). The van der Waals surface area contributed by atoms with Crippen LogP contribution in [0.2, 0.25) is 5.02 Å². The zero-order chi connectivity index (χ0) is 16.9. The van der Waals surface area contributed by atoms with Gasteiger partial charge in [-0.05, 0) is 73.4 Å². The average Bonchev–Trinajstić information content (AvgIpc) is 2.47. The van der Waals surface area contributed by atoms with E-state index in [1.54, 1.807) is 0 Å². The van der Waals surface area contributed by atoms with Crippen molar-refractivity contribution in [1.82, 2.24) is 0 Å². The van der Waals surface area contributed by atoms with E-state index in [9.17, 15) is 4.79 Å². The molecule has 0 aromatic heterocycles. The highest BCUT2D eigenvalue weighted by molar-refractivity contribution is 6.31. The van der Waals surface area contributed by atoms with Gasteiger partial charge in [0.25, 0.3) is 0 Å². The molecular weight excluding hydrogens is 292 g/mol. The third kappa shape index (κ3) is 4.98. The predicted molar refractivity (Wildman–Crippen MR) is 97.5 cm³/mol. The quantitative estimate of drug-likeness (QED) is 0.605. The van der Waals surface area contributed by atoms with Crippen LogP contribution in [0.4, 0.5) is 0 Å². The van der Waals surface area contributed by atoms with E-state index in [1.807, 2.05) is 19.9 Å². The highest BCUT2D eigenvalue weighted by atomic mass is 35.5. The third-order valence-electron chi connectivity index (χ3n) is 4.35. The fourth-order valence-electron chi connectivity index (χ4n) is 2.41. The van der Waals surface area contributed by atoms with Crippen molar-refractivity contribution in [3.05, 3.63) is 39.4 Å². The lowest BCUT2D eigenvalue weighted by Gasteiger charge is -2.19. The van der Waals surface area contributed by atoms with Crippen LogP contribution in [0.15, 0.2) is 17.7 Å². The third-order valence-corrected chi connectivity index (χ3v) is 4.76. The molecule has 0 aliphatic heterocycles. The standard InChI is InChI=1S/C15H17ClO.C5H12/c1-9-8-14(16)10(2)7-13(9)12-5-4-6-15(17)11(12)3;1-4-5(2)3/h7-8H,4-6H2,1-3H3;5H,4H2,1-3H3. The molecule has 1 aromatic carbocycles. The van der Waals surface area contributed by atoms with Gasteiger partial charge in [-0.1, -0.05) is 44.9 Å². The van der Waals surface area contributed by atoms with Crippen LogP contribution in [-0.2, 0) is 4.79 Å². The lowest BCUT2D eigenvalue weighted by atomic mass is 9.85. The monoisotopic (exact) mass is 320 g/mol. The van der Waals surface area contributed by atoms with Crippen molar-refractivity contribution in [1.29, 1.82) is 0 Å². The zero-order valence-electron chi connectivity index (χ0n) is 14.8. The molecule has 0 saturated carbocycles. The minimum atomic E-state index is 0.290. The number of halogens is 1. The van der Waals surface area contributed by atoms with Gasteiger partial charge in [-0.25, -0.2) is 0 Å². The van der Waals surface area contributed by atoms with Crippen LogP contribution in [0.5, 0.6) is 0 Å². The predicted octanol–water partition coefficient (Wildman–Crippen LogP) is 6.54. The Hall–Kier alpha value is -1.08. The van der Waals surface area contributed by atoms with Gasteiger partial charge in [0, 0.05) is 11.4 Å². The summed E-state index contributed by atoms with van der Waals surface area (Å²) < 4.78 is 0. The minimum Gasteiger partial charge on any atom is -0.295 e. The molecule has 0 heterocycles. The first-order valence-corrected chi connectivity index (χ1v) is 8.65. The molecular formula is C20H29ClO. The van der Waals surface area contributed by atoms with Crippen LogP contribution in [0.25, 0.3) is 5.57 Å². The Morgan fingerprint density at radius 3 is 2.23 bits per heavy atom. The Kier molecular flexibility index (Phi) is 7.35. The zero-order valence-corrected chi connectivity index (χ0v) is 15.6. The van der Waals surface area contributed by atoms with Gasteiger partial charge in [0.05, 0.1) is 0 Å². The molecule has 0 amide bonds. The highest BCUT2D eigenvalue weighted by Crippen LogP contribution is 2.34. The van der Waals surface area contributed by atoms with E-state index >= 15 is 0 Å². The number of Topliss-reactive ketones (excluding diaryl/α,β-unsaturated/α-hetero) is 1. The van der Waals surface area contributed by atoms with Crippen molar-refractivity contribution in [2.24, 2.45) is 5.92 Å². The van der Waals surface area contributed by atoms with Crippen LogP contribution in [0.3, 0.4) is 0 Å². The molecule has 1 aliphatic carbocycles. The van der Waals surface area contributed by atoms with Crippen molar-refractivity contribution < 1.29 is 4.79 Å². The molecule has 0 spiro atoms. The topological polar surface area (TPSA) is 17.1 Å². The average molecular weight is 321 g/mol.